The Morgan fingerprint density at radius 3 is 2.76 bits per heavy atom. The second kappa shape index (κ2) is 5.75. The fourth-order valence-electron chi connectivity index (χ4n) is 2.41. The van der Waals surface area contributed by atoms with Gasteiger partial charge < -0.3 is 4.90 Å². The van der Waals surface area contributed by atoms with Crippen LogP contribution in [-0.4, -0.2) is 28.8 Å². The van der Waals surface area contributed by atoms with Crippen LogP contribution in [0, 0.1) is 0 Å². The Morgan fingerprint density at radius 1 is 1.35 bits per heavy atom. The number of carbonyl (C=O) groups excluding carboxylic acids is 1. The molecule has 1 fully saturated rings. The second-order valence-electron chi connectivity index (χ2n) is 4.54. The summed E-state index contributed by atoms with van der Waals surface area (Å²) in [6.45, 7) is 3.24. The number of rotatable bonds is 3. The molecular formula is C13H19N3O. The van der Waals surface area contributed by atoms with E-state index in [1.54, 1.807) is 12.4 Å². The minimum Gasteiger partial charge on any atom is -0.338 e. The summed E-state index contributed by atoms with van der Waals surface area (Å²) < 4.78 is 0. The van der Waals surface area contributed by atoms with Crippen molar-refractivity contribution in [3.05, 3.63) is 18.0 Å². The van der Waals surface area contributed by atoms with Gasteiger partial charge in [-0.1, -0.05) is 19.8 Å². The summed E-state index contributed by atoms with van der Waals surface area (Å²) in [4.78, 5) is 21.5. The lowest BCUT2D eigenvalue weighted by molar-refractivity contribution is 0.112. The molecule has 1 aliphatic rings. The van der Waals surface area contributed by atoms with E-state index in [2.05, 4.69) is 21.8 Å². The molecule has 4 nitrogen and oxygen atoms in total. The lowest BCUT2D eigenvalue weighted by Gasteiger charge is -2.29. The molecule has 2 rings (SSSR count). The molecule has 17 heavy (non-hydrogen) atoms. The lowest BCUT2D eigenvalue weighted by atomic mass is 10.1. The van der Waals surface area contributed by atoms with Gasteiger partial charge in [-0.15, -0.1) is 0 Å². The van der Waals surface area contributed by atoms with Crippen LogP contribution in [0.4, 0.5) is 5.95 Å². The molecule has 0 aliphatic carbocycles. The molecule has 0 amide bonds. The van der Waals surface area contributed by atoms with Crippen LogP contribution < -0.4 is 4.90 Å². The topological polar surface area (TPSA) is 46.1 Å². The SMILES string of the molecule is CCC1CCCCCN1c1ncc(C=O)cn1. The standard InChI is InChI=1S/C13H19N3O/c1-2-12-6-4-3-5-7-16(12)13-14-8-11(10-17)9-15-13/h8-10,12H,2-7H2,1H3. The van der Waals surface area contributed by atoms with Crippen LogP contribution in [0.2, 0.25) is 0 Å². The Bertz CT molecular complexity index is 363. The van der Waals surface area contributed by atoms with E-state index in [0.29, 0.717) is 11.6 Å². The minimum atomic E-state index is 0.539. The molecule has 0 saturated carbocycles. The predicted molar refractivity (Wildman–Crippen MR) is 67.3 cm³/mol. The lowest BCUT2D eigenvalue weighted by Crippen LogP contribution is -2.35. The van der Waals surface area contributed by atoms with Gasteiger partial charge in [0.05, 0.1) is 5.56 Å². The molecule has 4 heteroatoms. The van der Waals surface area contributed by atoms with Gasteiger partial charge in [-0.05, 0) is 19.3 Å². The van der Waals surface area contributed by atoms with Crippen molar-refractivity contribution in [1.29, 1.82) is 0 Å². The number of nitrogens with zero attached hydrogens (tertiary/aromatic N) is 3. The Balaban J connectivity index is 2.18. The highest BCUT2D eigenvalue weighted by atomic mass is 16.1. The van der Waals surface area contributed by atoms with Crippen LogP contribution in [-0.2, 0) is 0 Å². The van der Waals surface area contributed by atoms with Crippen LogP contribution in [0.5, 0.6) is 0 Å². The normalized spacial score (nSPS) is 21.0. The Morgan fingerprint density at radius 2 is 2.12 bits per heavy atom. The van der Waals surface area contributed by atoms with Gasteiger partial charge in [-0.3, -0.25) is 4.79 Å². The highest BCUT2D eigenvalue weighted by Gasteiger charge is 2.21. The molecule has 0 bridgehead atoms. The maximum Gasteiger partial charge on any atom is 0.225 e. The van der Waals surface area contributed by atoms with E-state index in [1.807, 2.05) is 0 Å². The van der Waals surface area contributed by atoms with Crippen LogP contribution in [0.25, 0.3) is 0 Å². The number of hydrogen-bond acceptors (Lipinski definition) is 4. The van der Waals surface area contributed by atoms with Crippen LogP contribution in [0.15, 0.2) is 12.4 Å². The number of aromatic nitrogens is 2. The number of anilines is 1. The molecule has 0 N–H and O–H groups in total. The minimum absolute atomic E-state index is 0.539. The van der Waals surface area contributed by atoms with Crippen molar-refractivity contribution in [2.45, 2.75) is 45.1 Å². The van der Waals surface area contributed by atoms with E-state index in [0.717, 1.165) is 25.2 Å². The van der Waals surface area contributed by atoms with Gasteiger partial charge in [0.1, 0.15) is 0 Å². The molecule has 0 radical (unpaired) electrons. The zero-order valence-electron chi connectivity index (χ0n) is 10.3. The molecule has 92 valence electrons. The van der Waals surface area contributed by atoms with Gasteiger partial charge in [0.2, 0.25) is 5.95 Å². The van der Waals surface area contributed by atoms with Crippen molar-refractivity contribution in [3.8, 4) is 0 Å². The Kier molecular flexibility index (Phi) is 4.07. The molecular weight excluding hydrogens is 214 g/mol. The molecule has 0 spiro atoms. The average molecular weight is 233 g/mol. The third-order valence-corrected chi connectivity index (χ3v) is 3.40. The summed E-state index contributed by atoms with van der Waals surface area (Å²) in [5.74, 6) is 0.768. The predicted octanol–water partition coefficient (Wildman–Crippen LogP) is 2.45. The van der Waals surface area contributed by atoms with Gasteiger partial charge in [0.15, 0.2) is 6.29 Å². The smallest absolute Gasteiger partial charge is 0.225 e. The van der Waals surface area contributed by atoms with E-state index in [4.69, 9.17) is 0 Å². The molecule has 1 saturated heterocycles. The second-order valence-corrected chi connectivity index (χ2v) is 4.54. The van der Waals surface area contributed by atoms with Crippen molar-refractivity contribution >= 4 is 12.2 Å². The summed E-state index contributed by atoms with van der Waals surface area (Å²) in [6.07, 6.45) is 10.1. The fourth-order valence-corrected chi connectivity index (χ4v) is 2.41. The summed E-state index contributed by atoms with van der Waals surface area (Å²) in [5.41, 5.74) is 0.539. The third kappa shape index (κ3) is 2.81. The van der Waals surface area contributed by atoms with Gasteiger partial charge in [-0.2, -0.15) is 0 Å². The highest BCUT2D eigenvalue weighted by Crippen LogP contribution is 2.22. The number of carbonyl (C=O) groups is 1. The van der Waals surface area contributed by atoms with E-state index in [-0.39, 0.29) is 0 Å². The van der Waals surface area contributed by atoms with Crippen molar-refractivity contribution in [2.24, 2.45) is 0 Å². The molecule has 1 aliphatic heterocycles. The van der Waals surface area contributed by atoms with Crippen LogP contribution in [0.1, 0.15) is 49.4 Å². The van der Waals surface area contributed by atoms with Gasteiger partial charge in [0.25, 0.3) is 0 Å². The summed E-state index contributed by atoms with van der Waals surface area (Å²) in [5, 5.41) is 0. The first kappa shape index (κ1) is 12.0. The van der Waals surface area contributed by atoms with E-state index in [9.17, 15) is 4.79 Å². The van der Waals surface area contributed by atoms with Gasteiger partial charge >= 0.3 is 0 Å². The van der Waals surface area contributed by atoms with E-state index in [1.165, 1.54) is 25.7 Å². The monoisotopic (exact) mass is 233 g/mol. The van der Waals surface area contributed by atoms with Gasteiger partial charge in [0, 0.05) is 25.0 Å². The molecule has 1 aromatic heterocycles. The summed E-state index contributed by atoms with van der Waals surface area (Å²) >= 11 is 0. The van der Waals surface area contributed by atoms with Gasteiger partial charge in [-0.25, -0.2) is 9.97 Å². The molecule has 1 atom stereocenters. The molecule has 0 aromatic carbocycles. The van der Waals surface area contributed by atoms with E-state index >= 15 is 0 Å². The quantitative estimate of drug-likeness (QED) is 0.752. The average Bonchev–Trinajstić information content (AvgIpc) is 2.64. The van der Waals surface area contributed by atoms with Crippen molar-refractivity contribution in [2.75, 3.05) is 11.4 Å². The van der Waals surface area contributed by atoms with Crippen molar-refractivity contribution < 1.29 is 4.79 Å². The first-order chi connectivity index (χ1) is 8.35. The zero-order chi connectivity index (χ0) is 12.1. The summed E-state index contributed by atoms with van der Waals surface area (Å²) in [6, 6.07) is 0.541. The first-order valence-corrected chi connectivity index (χ1v) is 6.39. The number of hydrogen-bond donors (Lipinski definition) is 0. The highest BCUT2D eigenvalue weighted by molar-refractivity contribution is 5.73. The van der Waals surface area contributed by atoms with Crippen molar-refractivity contribution in [3.63, 3.8) is 0 Å². The van der Waals surface area contributed by atoms with Crippen molar-refractivity contribution in [1.82, 2.24) is 9.97 Å². The largest absolute Gasteiger partial charge is 0.338 e. The van der Waals surface area contributed by atoms with Crippen LogP contribution in [0.3, 0.4) is 0 Å². The summed E-state index contributed by atoms with van der Waals surface area (Å²) in [7, 11) is 0. The Hall–Kier alpha value is -1.45. The zero-order valence-corrected chi connectivity index (χ0v) is 10.3. The first-order valence-electron chi connectivity index (χ1n) is 6.39. The molecule has 2 heterocycles. The molecule has 1 unspecified atom stereocenters. The van der Waals surface area contributed by atoms with Crippen LogP contribution >= 0.6 is 0 Å². The maximum absolute atomic E-state index is 10.6. The maximum atomic E-state index is 10.6. The Labute approximate surface area is 102 Å². The van der Waals surface area contributed by atoms with E-state index < -0.39 is 0 Å². The fraction of sp³-hybridized carbons (Fsp3) is 0.615. The molecule has 1 aromatic rings. The third-order valence-electron chi connectivity index (χ3n) is 3.40. The number of aldehydes is 1.